The molecule has 3 aromatic carbocycles. The van der Waals surface area contributed by atoms with Gasteiger partial charge in [-0.2, -0.15) is 0 Å². The van der Waals surface area contributed by atoms with Gasteiger partial charge >= 0.3 is 0 Å². The Morgan fingerprint density at radius 1 is 0.727 bits per heavy atom. The Balaban J connectivity index is 1.76. The number of hydrogen-bond acceptors (Lipinski definition) is 3. The van der Waals surface area contributed by atoms with Crippen molar-refractivity contribution < 1.29 is 14.2 Å². The Kier molecular flexibility index (Phi) is 4.88. The topological polar surface area (TPSA) is 27.7 Å². The van der Waals surface area contributed by atoms with Gasteiger partial charge in [-0.3, -0.25) is 0 Å². The lowest BCUT2D eigenvalue weighted by Crippen LogP contribution is -2.10. The van der Waals surface area contributed by atoms with E-state index in [1.165, 1.54) is 16.2 Å². The van der Waals surface area contributed by atoms with Crippen molar-refractivity contribution in [2.24, 2.45) is 0 Å². The average Bonchev–Trinajstić information content (AvgIpc) is 2.56. The molecule has 0 atom stereocenters. The number of hydrogen-bond donors (Lipinski definition) is 0. The van der Waals surface area contributed by atoms with E-state index < -0.39 is 0 Å². The maximum absolute atomic E-state index is 5.88. The van der Waals surface area contributed by atoms with E-state index in [0.29, 0.717) is 26.4 Å². The van der Waals surface area contributed by atoms with Crippen LogP contribution in [-0.4, -0.2) is 33.5 Å². The molecule has 0 fully saturated rings. The van der Waals surface area contributed by atoms with E-state index in [9.17, 15) is 0 Å². The van der Waals surface area contributed by atoms with Gasteiger partial charge < -0.3 is 14.2 Å². The molecule has 3 nitrogen and oxygen atoms in total. The van der Waals surface area contributed by atoms with E-state index in [1.807, 2.05) is 12.1 Å². The molecule has 0 amide bonds. The highest BCUT2D eigenvalue weighted by molar-refractivity contribution is 6.00. The van der Waals surface area contributed by atoms with Crippen molar-refractivity contribution in [1.82, 2.24) is 0 Å². The first-order chi connectivity index (χ1) is 10.9. The molecule has 0 aliphatic rings. The lowest BCUT2D eigenvalue weighted by molar-refractivity contribution is 0.0547. The Labute approximate surface area is 130 Å². The van der Waals surface area contributed by atoms with Crippen molar-refractivity contribution in [2.75, 3.05) is 33.5 Å². The van der Waals surface area contributed by atoms with E-state index >= 15 is 0 Å². The Bertz CT molecular complexity index is 752. The molecule has 0 aliphatic carbocycles. The zero-order valence-corrected chi connectivity index (χ0v) is 12.7. The third-order valence-corrected chi connectivity index (χ3v) is 3.62. The van der Waals surface area contributed by atoms with Crippen LogP contribution in [0.25, 0.3) is 21.5 Å². The maximum Gasteiger partial charge on any atom is 0.127 e. The van der Waals surface area contributed by atoms with Crippen LogP contribution in [0.2, 0.25) is 0 Å². The van der Waals surface area contributed by atoms with Crippen molar-refractivity contribution in [3.05, 3.63) is 54.6 Å². The minimum atomic E-state index is 0.537. The van der Waals surface area contributed by atoms with Crippen LogP contribution in [0.15, 0.2) is 54.6 Å². The third kappa shape index (κ3) is 3.38. The first-order valence-electron chi connectivity index (χ1n) is 7.49. The monoisotopic (exact) mass is 296 g/mol. The summed E-state index contributed by atoms with van der Waals surface area (Å²) in [5.41, 5.74) is 0. The lowest BCUT2D eigenvalue weighted by Gasteiger charge is -2.11. The van der Waals surface area contributed by atoms with Crippen molar-refractivity contribution in [2.45, 2.75) is 0 Å². The van der Waals surface area contributed by atoms with Gasteiger partial charge in [0, 0.05) is 12.5 Å². The minimum absolute atomic E-state index is 0.537. The van der Waals surface area contributed by atoms with Crippen molar-refractivity contribution in [3.63, 3.8) is 0 Å². The molecule has 0 spiro atoms. The molecule has 0 saturated carbocycles. The largest absolute Gasteiger partial charge is 0.491 e. The smallest absolute Gasteiger partial charge is 0.127 e. The van der Waals surface area contributed by atoms with E-state index in [0.717, 1.165) is 11.1 Å². The summed E-state index contributed by atoms with van der Waals surface area (Å²) in [4.78, 5) is 0. The fourth-order valence-electron chi connectivity index (χ4n) is 2.52. The summed E-state index contributed by atoms with van der Waals surface area (Å²) in [6.07, 6.45) is 0. The second-order valence-electron chi connectivity index (χ2n) is 5.13. The Morgan fingerprint density at radius 3 is 2.27 bits per heavy atom. The van der Waals surface area contributed by atoms with E-state index in [-0.39, 0.29) is 0 Å². The number of fused-ring (bicyclic) bond motifs is 2. The fourth-order valence-corrected chi connectivity index (χ4v) is 2.52. The lowest BCUT2D eigenvalue weighted by atomic mass is 10.0. The van der Waals surface area contributed by atoms with Gasteiger partial charge in [0.25, 0.3) is 0 Å². The molecule has 0 aliphatic heterocycles. The average molecular weight is 296 g/mol. The molecule has 114 valence electrons. The molecule has 3 aromatic rings. The second kappa shape index (κ2) is 7.25. The van der Waals surface area contributed by atoms with Crippen LogP contribution >= 0.6 is 0 Å². The van der Waals surface area contributed by atoms with E-state index in [2.05, 4.69) is 42.5 Å². The van der Waals surface area contributed by atoms with Crippen LogP contribution in [0.1, 0.15) is 0 Å². The van der Waals surface area contributed by atoms with Crippen LogP contribution in [-0.2, 0) is 9.47 Å². The fraction of sp³-hybridized carbons (Fsp3) is 0.263. The summed E-state index contributed by atoms with van der Waals surface area (Å²) in [6, 6.07) is 18.9. The van der Waals surface area contributed by atoms with Gasteiger partial charge in [-0.1, -0.05) is 36.4 Å². The molecule has 22 heavy (non-hydrogen) atoms. The van der Waals surface area contributed by atoms with Crippen molar-refractivity contribution in [1.29, 1.82) is 0 Å². The summed E-state index contributed by atoms with van der Waals surface area (Å²) in [5.74, 6) is 0.901. The number of benzene rings is 3. The third-order valence-electron chi connectivity index (χ3n) is 3.62. The predicted molar refractivity (Wildman–Crippen MR) is 89.6 cm³/mol. The number of methoxy groups -OCH3 is 1. The highest BCUT2D eigenvalue weighted by Crippen LogP contribution is 2.29. The van der Waals surface area contributed by atoms with Crippen LogP contribution in [0, 0.1) is 0 Å². The molecule has 0 aromatic heterocycles. The molecule has 3 rings (SSSR count). The molecule has 0 unspecified atom stereocenters. The summed E-state index contributed by atoms with van der Waals surface area (Å²) < 4.78 is 16.3. The van der Waals surface area contributed by atoms with Gasteiger partial charge in [-0.05, 0) is 34.4 Å². The van der Waals surface area contributed by atoms with Gasteiger partial charge in [0.15, 0.2) is 0 Å². The van der Waals surface area contributed by atoms with Gasteiger partial charge in [0.05, 0.1) is 19.8 Å². The predicted octanol–water partition coefficient (Wildman–Crippen LogP) is 4.03. The minimum Gasteiger partial charge on any atom is -0.491 e. The van der Waals surface area contributed by atoms with Crippen molar-refractivity contribution in [3.8, 4) is 5.75 Å². The quantitative estimate of drug-likeness (QED) is 0.486. The van der Waals surface area contributed by atoms with E-state index in [1.54, 1.807) is 7.11 Å². The zero-order chi connectivity index (χ0) is 15.2. The summed E-state index contributed by atoms with van der Waals surface area (Å²) >= 11 is 0. The first kappa shape index (κ1) is 14.8. The molecule has 3 heteroatoms. The van der Waals surface area contributed by atoms with Crippen LogP contribution in [0.5, 0.6) is 5.75 Å². The van der Waals surface area contributed by atoms with Crippen LogP contribution in [0.3, 0.4) is 0 Å². The number of ether oxygens (including phenoxy) is 3. The molecular formula is C19H20O3. The highest BCUT2D eigenvalue weighted by atomic mass is 16.5. The molecule has 0 saturated heterocycles. The SMILES string of the molecule is COCCOCCOc1cccc2cc3ccccc3cc12. The van der Waals surface area contributed by atoms with Gasteiger partial charge in [0.2, 0.25) is 0 Å². The standard InChI is InChI=1S/C19H20O3/c1-20-9-10-21-11-12-22-19-8-4-7-17-13-15-5-2-3-6-16(15)14-18(17)19/h2-8,13-14H,9-12H2,1H3. The van der Waals surface area contributed by atoms with E-state index in [4.69, 9.17) is 14.2 Å². The van der Waals surface area contributed by atoms with Gasteiger partial charge in [0.1, 0.15) is 12.4 Å². The first-order valence-corrected chi connectivity index (χ1v) is 7.49. The second-order valence-corrected chi connectivity index (χ2v) is 5.13. The summed E-state index contributed by atoms with van der Waals surface area (Å²) in [5, 5.41) is 4.80. The Morgan fingerprint density at radius 2 is 1.45 bits per heavy atom. The summed E-state index contributed by atoms with van der Waals surface area (Å²) in [6.45, 7) is 2.31. The van der Waals surface area contributed by atoms with Gasteiger partial charge in [-0.25, -0.2) is 0 Å². The molecular weight excluding hydrogens is 276 g/mol. The zero-order valence-electron chi connectivity index (χ0n) is 12.7. The normalized spacial score (nSPS) is 11.1. The van der Waals surface area contributed by atoms with Crippen LogP contribution in [0.4, 0.5) is 0 Å². The van der Waals surface area contributed by atoms with Gasteiger partial charge in [-0.15, -0.1) is 0 Å². The maximum atomic E-state index is 5.88. The molecule has 0 radical (unpaired) electrons. The number of rotatable bonds is 7. The molecule has 0 bridgehead atoms. The van der Waals surface area contributed by atoms with Crippen LogP contribution < -0.4 is 4.74 Å². The molecule has 0 N–H and O–H groups in total. The van der Waals surface area contributed by atoms with Crippen molar-refractivity contribution >= 4 is 21.5 Å². The highest BCUT2D eigenvalue weighted by Gasteiger charge is 2.04. The Hall–Kier alpha value is -2.10. The molecule has 0 heterocycles. The summed E-state index contributed by atoms with van der Waals surface area (Å²) in [7, 11) is 1.67.